The molecule has 106 valence electrons. The molecule has 0 heterocycles. The molecule has 2 aromatic rings. The van der Waals surface area contributed by atoms with E-state index in [1.54, 1.807) is 37.3 Å². The molecule has 0 aliphatic rings. The highest BCUT2D eigenvalue weighted by Crippen LogP contribution is 2.34. The maximum absolute atomic E-state index is 13.2. The van der Waals surface area contributed by atoms with E-state index >= 15 is 0 Å². The normalized spacial score (nSPS) is 13.8. The molecular weight excluding hydrogens is 279 g/mol. The van der Waals surface area contributed by atoms with Crippen LogP contribution in [0, 0.1) is 5.82 Å². The Hall–Kier alpha value is -1.58. The number of hydrogen-bond acceptors (Lipinski definition) is 2. The lowest BCUT2D eigenvalue weighted by molar-refractivity contribution is 0.0549. The summed E-state index contributed by atoms with van der Waals surface area (Å²) in [5, 5.41) is 11.2. The van der Waals surface area contributed by atoms with Gasteiger partial charge in [0.1, 0.15) is 11.6 Å². The fraction of sp³-hybridized carbons (Fsp3) is 0.250. The molecule has 0 aliphatic carbocycles. The highest BCUT2D eigenvalue weighted by molar-refractivity contribution is 6.30. The molecule has 0 spiro atoms. The number of halogens is 2. The minimum absolute atomic E-state index is 0.265. The molecule has 1 N–H and O–H groups in total. The van der Waals surface area contributed by atoms with Crippen molar-refractivity contribution in [1.29, 1.82) is 0 Å². The molecule has 0 saturated carbocycles. The van der Waals surface area contributed by atoms with E-state index < -0.39 is 5.60 Å². The molecule has 0 radical (unpaired) electrons. The van der Waals surface area contributed by atoms with E-state index in [-0.39, 0.29) is 12.2 Å². The van der Waals surface area contributed by atoms with Crippen LogP contribution in [0.1, 0.15) is 18.1 Å². The second-order valence-electron chi connectivity index (χ2n) is 4.93. The third-order valence-corrected chi connectivity index (χ3v) is 3.41. The average molecular weight is 295 g/mol. The number of benzene rings is 2. The minimum Gasteiger partial charge on any atom is -0.496 e. The van der Waals surface area contributed by atoms with Gasteiger partial charge in [0, 0.05) is 17.0 Å². The van der Waals surface area contributed by atoms with Crippen molar-refractivity contribution in [2.75, 3.05) is 7.11 Å². The predicted molar refractivity (Wildman–Crippen MR) is 77.7 cm³/mol. The summed E-state index contributed by atoms with van der Waals surface area (Å²) in [5.74, 6) is 0.229. The highest BCUT2D eigenvalue weighted by Gasteiger charge is 2.27. The van der Waals surface area contributed by atoms with E-state index in [0.29, 0.717) is 21.9 Å². The molecule has 0 fully saturated rings. The topological polar surface area (TPSA) is 29.5 Å². The van der Waals surface area contributed by atoms with Crippen LogP contribution in [0.25, 0.3) is 0 Å². The van der Waals surface area contributed by atoms with Crippen molar-refractivity contribution in [2.24, 2.45) is 0 Å². The Bertz CT molecular complexity index is 611. The van der Waals surface area contributed by atoms with Gasteiger partial charge in [0.25, 0.3) is 0 Å². The first-order valence-corrected chi connectivity index (χ1v) is 6.61. The van der Waals surface area contributed by atoms with Crippen molar-refractivity contribution in [2.45, 2.75) is 18.9 Å². The zero-order valence-electron chi connectivity index (χ0n) is 11.4. The van der Waals surface area contributed by atoms with Gasteiger partial charge < -0.3 is 9.84 Å². The summed E-state index contributed by atoms with van der Waals surface area (Å²) in [4.78, 5) is 0. The summed E-state index contributed by atoms with van der Waals surface area (Å²) in [5.41, 5.74) is 0.0816. The molecule has 2 nitrogen and oxygen atoms in total. The van der Waals surface area contributed by atoms with E-state index in [1.165, 1.54) is 19.2 Å². The molecule has 2 rings (SSSR count). The predicted octanol–water partition coefficient (Wildman–Crippen LogP) is 3.94. The monoisotopic (exact) mass is 294 g/mol. The van der Waals surface area contributed by atoms with Gasteiger partial charge in [-0.3, -0.25) is 0 Å². The zero-order chi connectivity index (χ0) is 14.8. The van der Waals surface area contributed by atoms with Gasteiger partial charge >= 0.3 is 0 Å². The number of hydrogen-bond donors (Lipinski definition) is 1. The third-order valence-electron chi connectivity index (χ3n) is 3.18. The fourth-order valence-corrected chi connectivity index (χ4v) is 2.41. The SMILES string of the molecule is COc1ccc(Cl)cc1C(C)(O)Cc1cccc(F)c1. The lowest BCUT2D eigenvalue weighted by Gasteiger charge is -2.26. The first-order valence-electron chi connectivity index (χ1n) is 6.23. The van der Waals surface area contributed by atoms with E-state index in [9.17, 15) is 9.50 Å². The first-order chi connectivity index (χ1) is 9.42. The quantitative estimate of drug-likeness (QED) is 0.925. The van der Waals surface area contributed by atoms with Crippen molar-refractivity contribution in [1.82, 2.24) is 0 Å². The molecule has 0 saturated heterocycles. The van der Waals surface area contributed by atoms with Crippen molar-refractivity contribution in [3.8, 4) is 5.75 Å². The number of aliphatic hydroxyl groups is 1. The van der Waals surface area contributed by atoms with E-state index in [1.807, 2.05) is 0 Å². The van der Waals surface area contributed by atoms with Crippen molar-refractivity contribution < 1.29 is 14.2 Å². The molecule has 0 aromatic heterocycles. The molecule has 1 atom stereocenters. The van der Waals surface area contributed by atoms with Crippen molar-refractivity contribution >= 4 is 11.6 Å². The maximum atomic E-state index is 13.2. The van der Waals surface area contributed by atoms with E-state index in [0.717, 1.165) is 0 Å². The van der Waals surface area contributed by atoms with Crippen LogP contribution in [0.4, 0.5) is 4.39 Å². The molecule has 4 heteroatoms. The van der Waals surface area contributed by atoms with Crippen LogP contribution in [0.5, 0.6) is 5.75 Å². The van der Waals surface area contributed by atoms with Crippen molar-refractivity contribution in [3.05, 3.63) is 64.4 Å². The summed E-state index contributed by atoms with van der Waals surface area (Å²) < 4.78 is 18.5. The molecule has 0 bridgehead atoms. The van der Waals surface area contributed by atoms with Crippen LogP contribution in [-0.4, -0.2) is 12.2 Å². The van der Waals surface area contributed by atoms with Crippen LogP contribution < -0.4 is 4.74 Å². The zero-order valence-corrected chi connectivity index (χ0v) is 12.1. The second kappa shape index (κ2) is 5.81. The Kier molecular flexibility index (Phi) is 4.31. The van der Waals surface area contributed by atoms with Crippen LogP contribution in [0.2, 0.25) is 5.02 Å². The molecule has 0 aliphatic heterocycles. The summed E-state index contributed by atoms with van der Waals surface area (Å²) >= 11 is 5.98. The van der Waals surface area contributed by atoms with Crippen LogP contribution >= 0.6 is 11.6 Å². The van der Waals surface area contributed by atoms with Gasteiger partial charge in [0.2, 0.25) is 0 Å². The Morgan fingerprint density at radius 2 is 2.00 bits per heavy atom. The Morgan fingerprint density at radius 1 is 1.25 bits per heavy atom. The second-order valence-corrected chi connectivity index (χ2v) is 5.36. The Balaban J connectivity index is 2.37. The molecule has 1 unspecified atom stereocenters. The van der Waals surface area contributed by atoms with Gasteiger partial charge in [0.15, 0.2) is 0 Å². The van der Waals surface area contributed by atoms with E-state index in [4.69, 9.17) is 16.3 Å². The summed E-state index contributed by atoms with van der Waals surface area (Å²) in [6, 6.07) is 11.2. The Labute approximate surface area is 122 Å². The first kappa shape index (κ1) is 14.8. The molecule has 20 heavy (non-hydrogen) atoms. The minimum atomic E-state index is -1.20. The number of methoxy groups -OCH3 is 1. The van der Waals surface area contributed by atoms with Crippen molar-refractivity contribution in [3.63, 3.8) is 0 Å². The lowest BCUT2D eigenvalue weighted by Crippen LogP contribution is -2.25. The molecule has 0 amide bonds. The van der Waals surface area contributed by atoms with Crippen LogP contribution in [0.15, 0.2) is 42.5 Å². The Morgan fingerprint density at radius 3 is 2.65 bits per heavy atom. The maximum Gasteiger partial charge on any atom is 0.125 e. The summed E-state index contributed by atoms with van der Waals surface area (Å²) in [6.45, 7) is 1.66. The molecule has 2 aromatic carbocycles. The third kappa shape index (κ3) is 3.30. The summed E-state index contributed by atoms with van der Waals surface area (Å²) in [7, 11) is 1.53. The van der Waals surface area contributed by atoms with Crippen LogP contribution in [-0.2, 0) is 12.0 Å². The van der Waals surface area contributed by atoms with Gasteiger partial charge in [-0.25, -0.2) is 4.39 Å². The lowest BCUT2D eigenvalue weighted by atomic mass is 9.88. The van der Waals surface area contributed by atoms with Gasteiger partial charge in [-0.15, -0.1) is 0 Å². The molecular formula is C16H16ClFO2. The average Bonchev–Trinajstić information content (AvgIpc) is 2.38. The van der Waals surface area contributed by atoms with Gasteiger partial charge in [-0.1, -0.05) is 23.7 Å². The van der Waals surface area contributed by atoms with Gasteiger partial charge in [-0.05, 0) is 42.8 Å². The standard InChI is InChI=1S/C16H16ClFO2/c1-16(19,10-11-4-3-5-13(18)8-11)14-9-12(17)6-7-15(14)20-2/h3-9,19H,10H2,1-2H3. The highest BCUT2D eigenvalue weighted by atomic mass is 35.5. The van der Waals surface area contributed by atoms with E-state index in [2.05, 4.69) is 0 Å². The fourth-order valence-electron chi connectivity index (χ4n) is 2.24. The van der Waals surface area contributed by atoms with Crippen LogP contribution in [0.3, 0.4) is 0 Å². The summed E-state index contributed by atoms with van der Waals surface area (Å²) in [6.07, 6.45) is 0.265. The number of ether oxygens (including phenoxy) is 1. The largest absolute Gasteiger partial charge is 0.496 e. The van der Waals surface area contributed by atoms with Gasteiger partial charge in [-0.2, -0.15) is 0 Å². The smallest absolute Gasteiger partial charge is 0.125 e. The van der Waals surface area contributed by atoms with Gasteiger partial charge in [0.05, 0.1) is 12.7 Å². The number of rotatable bonds is 4.